The van der Waals surface area contributed by atoms with E-state index in [4.69, 9.17) is 0 Å². The molecule has 0 fully saturated rings. The first kappa shape index (κ1) is 5.03. The average molecular weight is 206 g/mol. The van der Waals surface area contributed by atoms with E-state index in [-0.39, 0.29) is 0 Å². The van der Waals surface area contributed by atoms with Gasteiger partial charge in [0.2, 0.25) is 0 Å². The largest absolute Gasteiger partial charge is 0.318 e. The van der Waals surface area contributed by atoms with E-state index >= 15 is 0 Å². The molecule has 1 rings (SSSR count). The fourth-order valence-electron chi connectivity index (χ4n) is 0.347. The summed E-state index contributed by atoms with van der Waals surface area (Å²) >= 11 is 1.91. The van der Waals surface area contributed by atoms with Crippen LogP contribution >= 0.6 is 0 Å². The summed E-state index contributed by atoms with van der Waals surface area (Å²) in [4.78, 5) is 3.98. The van der Waals surface area contributed by atoms with Gasteiger partial charge in [-0.25, -0.2) is 4.98 Å². The Morgan fingerprint density at radius 3 is 2.57 bits per heavy atom. The standard InChI is InChI=1S/C5H5IN/c6-5-3-1-2-4-7-5/h1-4,6H/q+1. The van der Waals surface area contributed by atoms with Crippen LogP contribution < -0.4 is 22.6 Å². The fraction of sp³-hybridized carbons (Fsp3) is 0. The smallest absolute Gasteiger partial charge is 0.213 e. The average Bonchev–Trinajstić information content (AvgIpc) is 1.69. The van der Waals surface area contributed by atoms with Crippen molar-refractivity contribution in [1.29, 1.82) is 0 Å². The highest BCUT2D eigenvalue weighted by atomic mass is 127. The van der Waals surface area contributed by atoms with Crippen LogP contribution in [-0.4, -0.2) is 4.98 Å². The van der Waals surface area contributed by atoms with E-state index in [2.05, 4.69) is 4.98 Å². The second-order valence-electron chi connectivity index (χ2n) is 1.17. The Labute approximate surface area is 55.9 Å². The van der Waals surface area contributed by atoms with Crippen molar-refractivity contribution in [2.75, 3.05) is 0 Å². The summed E-state index contributed by atoms with van der Waals surface area (Å²) in [6, 6.07) is 5.87. The van der Waals surface area contributed by atoms with Gasteiger partial charge in [-0.1, -0.05) is 6.07 Å². The summed E-state index contributed by atoms with van der Waals surface area (Å²) in [5.41, 5.74) is 0. The van der Waals surface area contributed by atoms with E-state index in [1.54, 1.807) is 6.20 Å². The van der Waals surface area contributed by atoms with Crippen molar-refractivity contribution >= 4 is 0 Å². The van der Waals surface area contributed by atoms with Crippen LogP contribution in [0.5, 0.6) is 0 Å². The van der Waals surface area contributed by atoms with Crippen LogP contribution in [-0.2, 0) is 0 Å². The lowest BCUT2D eigenvalue weighted by Crippen LogP contribution is -3.34. The third-order valence-electron chi connectivity index (χ3n) is 0.638. The lowest BCUT2D eigenvalue weighted by atomic mass is 10.5. The van der Waals surface area contributed by atoms with Crippen molar-refractivity contribution in [2.24, 2.45) is 0 Å². The van der Waals surface area contributed by atoms with E-state index in [9.17, 15) is 0 Å². The Morgan fingerprint density at radius 1 is 1.43 bits per heavy atom. The molecule has 1 nitrogen and oxygen atoms in total. The van der Waals surface area contributed by atoms with Crippen LogP contribution in [0.3, 0.4) is 0 Å². The molecule has 1 aromatic rings. The van der Waals surface area contributed by atoms with Crippen molar-refractivity contribution in [3.05, 3.63) is 28.1 Å². The van der Waals surface area contributed by atoms with Crippen molar-refractivity contribution in [1.82, 2.24) is 4.98 Å². The SMILES string of the molecule is [IH+]c1ccccn1. The molecular weight excluding hydrogens is 201 g/mol. The number of halogens is 1. The summed E-state index contributed by atoms with van der Waals surface area (Å²) in [5.74, 6) is 0. The van der Waals surface area contributed by atoms with Crippen LogP contribution in [0.2, 0.25) is 0 Å². The van der Waals surface area contributed by atoms with Crippen LogP contribution in [0.1, 0.15) is 0 Å². The zero-order chi connectivity index (χ0) is 5.11. The van der Waals surface area contributed by atoms with Crippen molar-refractivity contribution in [3.63, 3.8) is 0 Å². The molecule has 0 aromatic carbocycles. The third-order valence-corrected chi connectivity index (χ3v) is 1.33. The molecule has 0 aliphatic rings. The minimum atomic E-state index is 1.08. The highest BCUT2D eigenvalue weighted by molar-refractivity contribution is 4.87. The molecule has 0 N–H and O–H groups in total. The number of hydrogen-bond donors (Lipinski definition) is 0. The van der Waals surface area contributed by atoms with Crippen LogP contribution in [0, 0.1) is 3.70 Å². The van der Waals surface area contributed by atoms with E-state index in [0.717, 1.165) is 3.70 Å². The van der Waals surface area contributed by atoms with Gasteiger partial charge in [0.15, 0.2) is 0 Å². The summed E-state index contributed by atoms with van der Waals surface area (Å²) in [6.07, 6.45) is 1.79. The second kappa shape index (κ2) is 2.26. The molecule has 1 heterocycles. The number of rotatable bonds is 0. The van der Waals surface area contributed by atoms with Crippen LogP contribution in [0.15, 0.2) is 24.4 Å². The molecule has 0 aliphatic heterocycles. The number of nitrogens with zero attached hydrogens (tertiary/aromatic N) is 1. The molecule has 0 radical (unpaired) electrons. The predicted molar refractivity (Wildman–Crippen MR) is 24.3 cm³/mol. The maximum atomic E-state index is 3.98. The molecule has 0 atom stereocenters. The summed E-state index contributed by atoms with van der Waals surface area (Å²) in [5, 5.41) is 0. The van der Waals surface area contributed by atoms with Gasteiger partial charge in [0.25, 0.3) is 3.70 Å². The van der Waals surface area contributed by atoms with Crippen molar-refractivity contribution in [3.8, 4) is 0 Å². The van der Waals surface area contributed by atoms with Gasteiger partial charge in [-0.3, -0.25) is 0 Å². The highest BCUT2D eigenvalue weighted by Gasteiger charge is 1.87. The maximum Gasteiger partial charge on any atom is 0.318 e. The molecule has 7 heavy (non-hydrogen) atoms. The van der Waals surface area contributed by atoms with Crippen molar-refractivity contribution < 1.29 is 22.6 Å². The lowest BCUT2D eigenvalue weighted by Gasteiger charge is -1.72. The first-order valence-corrected chi connectivity index (χ1v) is 3.14. The molecule has 0 unspecified atom stereocenters. The predicted octanol–water partition coefficient (Wildman–Crippen LogP) is -2.46. The molecule has 0 aliphatic carbocycles. The van der Waals surface area contributed by atoms with E-state index in [1.165, 1.54) is 0 Å². The van der Waals surface area contributed by atoms with Gasteiger partial charge in [0.1, 0.15) is 0 Å². The van der Waals surface area contributed by atoms with Crippen LogP contribution in [0.4, 0.5) is 0 Å². The van der Waals surface area contributed by atoms with E-state index < -0.39 is 0 Å². The molecule has 0 amide bonds. The summed E-state index contributed by atoms with van der Waals surface area (Å²) in [7, 11) is 0. The van der Waals surface area contributed by atoms with Gasteiger partial charge in [-0.15, -0.1) is 0 Å². The zero-order valence-corrected chi connectivity index (χ0v) is 6.00. The van der Waals surface area contributed by atoms with Gasteiger partial charge in [0.05, 0.1) is 0 Å². The Hall–Kier alpha value is -0.120. The molecule has 0 spiro atoms. The molecule has 0 saturated carbocycles. The first-order valence-electron chi connectivity index (χ1n) is 1.97. The Kier molecular flexibility index (Phi) is 1.62. The van der Waals surface area contributed by atoms with Gasteiger partial charge in [0, 0.05) is 12.3 Å². The maximum absolute atomic E-state index is 3.98. The number of hydrogen-bond acceptors (Lipinski definition) is 1. The van der Waals surface area contributed by atoms with Gasteiger partial charge < -0.3 is 0 Å². The topological polar surface area (TPSA) is 12.9 Å². The summed E-state index contributed by atoms with van der Waals surface area (Å²) in [6.45, 7) is 0. The minimum absolute atomic E-state index is 1.08. The van der Waals surface area contributed by atoms with Crippen molar-refractivity contribution in [2.45, 2.75) is 0 Å². The first-order chi connectivity index (χ1) is 3.39. The molecule has 0 bridgehead atoms. The van der Waals surface area contributed by atoms with Gasteiger partial charge in [-0.05, 0) is 6.07 Å². The molecule has 2 heteroatoms. The number of aromatic nitrogens is 1. The Morgan fingerprint density at radius 2 is 2.29 bits per heavy atom. The monoisotopic (exact) mass is 206 g/mol. The normalized spacial score (nSPS) is 8.71. The molecule has 36 valence electrons. The zero-order valence-electron chi connectivity index (χ0n) is 3.66. The summed E-state index contributed by atoms with van der Waals surface area (Å²) < 4.78 is 1.08. The Balaban J connectivity index is 3.02. The van der Waals surface area contributed by atoms with E-state index in [0.29, 0.717) is 0 Å². The van der Waals surface area contributed by atoms with Gasteiger partial charge in [-0.2, -0.15) is 0 Å². The minimum Gasteiger partial charge on any atom is -0.213 e. The number of pyridine rings is 1. The van der Waals surface area contributed by atoms with E-state index in [1.807, 2.05) is 40.8 Å². The van der Waals surface area contributed by atoms with Gasteiger partial charge >= 0.3 is 22.6 Å². The highest BCUT2D eigenvalue weighted by Crippen LogP contribution is 1.74. The third kappa shape index (κ3) is 1.43. The Bertz CT molecular complexity index is 138. The second-order valence-corrected chi connectivity index (χ2v) is 2.36. The lowest BCUT2D eigenvalue weighted by molar-refractivity contribution is -0.337. The fourth-order valence-corrected chi connectivity index (χ4v) is 0.745. The molecular formula is C5H5IN+. The quantitative estimate of drug-likeness (QED) is 0.339. The molecule has 1 aromatic heterocycles. The van der Waals surface area contributed by atoms with Crippen LogP contribution in [0.25, 0.3) is 0 Å². The molecule has 0 saturated heterocycles.